The first kappa shape index (κ1) is 5.17. The van der Waals surface area contributed by atoms with Crippen molar-refractivity contribution in [3.05, 3.63) is 4.91 Å². The molecule has 0 aliphatic carbocycles. The largest absolute Gasteiger partial charge is 0.380 e. The molecule has 4 heteroatoms. The quantitative estimate of drug-likeness (QED) is 0.467. The van der Waals surface area contributed by atoms with Gasteiger partial charge in [0, 0.05) is 0 Å². The molecule has 0 saturated carbocycles. The van der Waals surface area contributed by atoms with Gasteiger partial charge in [0.05, 0.1) is 37.0 Å². The van der Waals surface area contributed by atoms with Gasteiger partial charge in [0.1, 0.15) is 0 Å². The van der Waals surface area contributed by atoms with Gasteiger partial charge in [-0.3, -0.25) is 5.01 Å². The fourth-order valence-corrected chi connectivity index (χ4v) is 1.36. The van der Waals surface area contributed by atoms with Crippen molar-refractivity contribution in [3.63, 3.8) is 0 Å². The normalized spacial score (nSPS) is 29.1. The minimum Gasteiger partial charge on any atom is -0.380 e. The molecule has 0 aromatic carbocycles. The molecule has 2 fully saturated rings. The number of rotatable bonds is 1. The van der Waals surface area contributed by atoms with Gasteiger partial charge in [-0.2, -0.15) is 0 Å². The smallest absolute Gasteiger partial charge is 0.0580 e. The molecule has 50 valence electrons. The third-order valence-corrected chi connectivity index (χ3v) is 1.97. The Balaban J connectivity index is 1.88. The predicted octanol–water partition coefficient (Wildman–Crippen LogP) is 0. The first-order valence-electron chi connectivity index (χ1n) is 3.01. The topological polar surface area (TPSA) is 41.9 Å². The zero-order chi connectivity index (χ0) is 6.32. The van der Waals surface area contributed by atoms with Gasteiger partial charge in [-0.15, -0.1) is 4.91 Å². The summed E-state index contributed by atoms with van der Waals surface area (Å²) in [5.41, 5.74) is 0.327. The first-order chi connectivity index (χ1) is 4.35. The van der Waals surface area contributed by atoms with Crippen molar-refractivity contribution < 1.29 is 4.74 Å². The zero-order valence-electron chi connectivity index (χ0n) is 5.04. The highest BCUT2D eigenvalue weighted by Gasteiger charge is 2.49. The van der Waals surface area contributed by atoms with Crippen LogP contribution in [0.2, 0.25) is 0 Å². The van der Waals surface area contributed by atoms with Gasteiger partial charge in [0.2, 0.25) is 0 Å². The summed E-state index contributed by atoms with van der Waals surface area (Å²) in [6, 6.07) is 0. The molecule has 0 atom stereocenters. The van der Waals surface area contributed by atoms with Crippen molar-refractivity contribution in [2.75, 3.05) is 26.3 Å². The molecular weight excluding hydrogens is 120 g/mol. The summed E-state index contributed by atoms with van der Waals surface area (Å²) in [5.74, 6) is 0. The fraction of sp³-hybridized carbons (Fsp3) is 1.00. The van der Waals surface area contributed by atoms with Crippen LogP contribution in [0.5, 0.6) is 0 Å². The van der Waals surface area contributed by atoms with E-state index in [4.69, 9.17) is 4.74 Å². The van der Waals surface area contributed by atoms with Crippen molar-refractivity contribution in [2.45, 2.75) is 0 Å². The number of hydrogen-bond donors (Lipinski definition) is 0. The maximum atomic E-state index is 9.85. The van der Waals surface area contributed by atoms with E-state index in [0.29, 0.717) is 5.41 Å². The summed E-state index contributed by atoms with van der Waals surface area (Å²) in [4.78, 5) is 9.85. The zero-order valence-corrected chi connectivity index (χ0v) is 5.04. The Hall–Kier alpha value is -0.640. The van der Waals surface area contributed by atoms with Crippen LogP contribution in [-0.4, -0.2) is 31.3 Å². The molecule has 2 aliphatic heterocycles. The summed E-state index contributed by atoms with van der Waals surface area (Å²) in [7, 11) is 0. The van der Waals surface area contributed by atoms with Crippen LogP contribution in [0.25, 0.3) is 0 Å². The molecule has 1 spiro atoms. The Morgan fingerprint density at radius 1 is 1.44 bits per heavy atom. The number of nitrogens with zero attached hydrogens (tertiary/aromatic N) is 2. The Kier molecular flexibility index (Phi) is 0.829. The fourth-order valence-electron chi connectivity index (χ4n) is 1.36. The molecule has 0 aromatic heterocycles. The Morgan fingerprint density at radius 3 is 2.44 bits per heavy atom. The van der Waals surface area contributed by atoms with Crippen molar-refractivity contribution >= 4 is 0 Å². The lowest BCUT2D eigenvalue weighted by Gasteiger charge is -2.52. The number of ether oxygens (including phenoxy) is 1. The molecule has 2 aliphatic rings. The summed E-state index contributed by atoms with van der Waals surface area (Å²) in [6.07, 6.45) is 0. The third kappa shape index (κ3) is 0.564. The van der Waals surface area contributed by atoms with Gasteiger partial charge in [-0.05, 0) is 0 Å². The van der Waals surface area contributed by atoms with E-state index in [0.717, 1.165) is 26.3 Å². The Bertz CT molecular complexity index is 136. The van der Waals surface area contributed by atoms with Crippen LogP contribution in [0.1, 0.15) is 0 Å². The second kappa shape index (κ2) is 1.44. The lowest BCUT2D eigenvalue weighted by Crippen LogP contribution is -2.63. The molecule has 0 aromatic rings. The van der Waals surface area contributed by atoms with Gasteiger partial charge >= 0.3 is 0 Å². The lowest BCUT2D eigenvalue weighted by atomic mass is 9.79. The Labute approximate surface area is 52.7 Å². The predicted molar refractivity (Wildman–Crippen MR) is 30.6 cm³/mol. The van der Waals surface area contributed by atoms with E-state index in [2.05, 4.69) is 5.29 Å². The lowest BCUT2D eigenvalue weighted by molar-refractivity contribution is -0.189. The summed E-state index contributed by atoms with van der Waals surface area (Å²) < 4.78 is 5.00. The average molecular weight is 128 g/mol. The van der Waals surface area contributed by atoms with Crippen LogP contribution in [-0.2, 0) is 4.74 Å². The molecule has 0 bridgehead atoms. The van der Waals surface area contributed by atoms with Crippen LogP contribution in [0.15, 0.2) is 5.29 Å². The molecule has 0 radical (unpaired) electrons. The second-order valence-corrected chi connectivity index (χ2v) is 2.90. The molecule has 2 saturated heterocycles. The van der Waals surface area contributed by atoms with Crippen LogP contribution in [0, 0.1) is 10.3 Å². The van der Waals surface area contributed by atoms with E-state index in [1.807, 2.05) is 0 Å². The minimum atomic E-state index is 0.327. The molecule has 0 unspecified atom stereocenters. The highest BCUT2D eigenvalue weighted by atomic mass is 16.5. The van der Waals surface area contributed by atoms with Crippen molar-refractivity contribution in [1.29, 1.82) is 0 Å². The highest BCUT2D eigenvalue weighted by Crippen LogP contribution is 2.37. The van der Waals surface area contributed by atoms with Gasteiger partial charge < -0.3 is 4.74 Å². The molecule has 9 heavy (non-hydrogen) atoms. The van der Waals surface area contributed by atoms with E-state index in [9.17, 15) is 4.91 Å². The molecule has 4 nitrogen and oxygen atoms in total. The van der Waals surface area contributed by atoms with Crippen LogP contribution >= 0.6 is 0 Å². The maximum absolute atomic E-state index is 9.85. The van der Waals surface area contributed by atoms with Crippen LogP contribution < -0.4 is 0 Å². The van der Waals surface area contributed by atoms with Gasteiger partial charge in [0.25, 0.3) is 0 Å². The van der Waals surface area contributed by atoms with E-state index >= 15 is 0 Å². The van der Waals surface area contributed by atoms with E-state index in [1.165, 1.54) is 5.01 Å². The molecule has 0 N–H and O–H groups in total. The van der Waals surface area contributed by atoms with Crippen molar-refractivity contribution in [1.82, 2.24) is 5.01 Å². The summed E-state index contributed by atoms with van der Waals surface area (Å²) in [6.45, 7) is 3.24. The second-order valence-electron chi connectivity index (χ2n) is 2.90. The average Bonchev–Trinajstić information content (AvgIpc) is 1.59. The van der Waals surface area contributed by atoms with Crippen molar-refractivity contribution in [2.24, 2.45) is 10.7 Å². The molecule has 2 heterocycles. The highest BCUT2D eigenvalue weighted by molar-refractivity contribution is 4.97. The summed E-state index contributed by atoms with van der Waals surface area (Å²) in [5, 5.41) is 4.33. The van der Waals surface area contributed by atoms with E-state index < -0.39 is 0 Å². The van der Waals surface area contributed by atoms with Gasteiger partial charge in [0.15, 0.2) is 0 Å². The Morgan fingerprint density at radius 2 is 2.11 bits per heavy atom. The molecule has 2 rings (SSSR count). The van der Waals surface area contributed by atoms with Gasteiger partial charge in [-0.25, -0.2) is 0 Å². The SMILES string of the molecule is O=NN1CC2(COC2)C1. The van der Waals surface area contributed by atoms with Crippen molar-refractivity contribution in [3.8, 4) is 0 Å². The maximum Gasteiger partial charge on any atom is 0.0580 e. The van der Waals surface area contributed by atoms with E-state index in [1.54, 1.807) is 0 Å². The molecular formula is C5H8N2O2. The van der Waals surface area contributed by atoms with Crippen LogP contribution in [0.3, 0.4) is 0 Å². The standard InChI is InChI=1S/C5H8N2O2/c8-6-7-1-5(2-7)3-9-4-5/h1-4H2. The number of nitroso groups, excluding NO2 is 1. The van der Waals surface area contributed by atoms with Gasteiger partial charge in [-0.1, -0.05) is 0 Å². The monoisotopic (exact) mass is 128 g/mol. The minimum absolute atomic E-state index is 0.327. The number of hydrogen-bond acceptors (Lipinski definition) is 3. The van der Waals surface area contributed by atoms with E-state index in [-0.39, 0.29) is 0 Å². The first-order valence-corrected chi connectivity index (χ1v) is 3.01. The third-order valence-electron chi connectivity index (χ3n) is 1.97. The summed E-state index contributed by atoms with van der Waals surface area (Å²) >= 11 is 0. The van der Waals surface area contributed by atoms with Crippen LogP contribution in [0.4, 0.5) is 0 Å². The molecule has 0 amide bonds.